The van der Waals surface area contributed by atoms with E-state index in [0.717, 1.165) is 42.4 Å². The molecule has 1 aliphatic rings. The normalized spacial score (nSPS) is 20.2. The minimum Gasteiger partial charge on any atom is -0.312 e. The van der Waals surface area contributed by atoms with Gasteiger partial charge in [0.15, 0.2) is 0 Å². The van der Waals surface area contributed by atoms with Crippen LogP contribution in [-0.2, 0) is 6.54 Å². The Morgan fingerprint density at radius 3 is 2.95 bits per heavy atom. The van der Waals surface area contributed by atoms with Gasteiger partial charge in [0.25, 0.3) is 0 Å². The molecule has 0 bridgehead atoms. The third-order valence-corrected chi connectivity index (χ3v) is 4.42. The third kappa shape index (κ3) is 3.23. The van der Waals surface area contributed by atoms with Gasteiger partial charge in [-0.3, -0.25) is 4.90 Å². The summed E-state index contributed by atoms with van der Waals surface area (Å²) < 4.78 is 12.9. The van der Waals surface area contributed by atoms with E-state index < -0.39 is 0 Å². The second-order valence-electron chi connectivity index (χ2n) is 5.24. The average molecular weight is 291 g/mol. The number of hydrogen-bond acceptors (Lipinski definition) is 4. The molecule has 3 rings (SSSR count). The highest BCUT2D eigenvalue weighted by atomic mass is 32.1. The van der Waals surface area contributed by atoms with E-state index in [9.17, 15) is 4.39 Å². The van der Waals surface area contributed by atoms with Gasteiger partial charge in [0.05, 0.1) is 5.69 Å². The van der Waals surface area contributed by atoms with Crippen molar-refractivity contribution in [3.63, 3.8) is 0 Å². The summed E-state index contributed by atoms with van der Waals surface area (Å²) in [6.07, 6.45) is 0. The van der Waals surface area contributed by atoms with Crippen molar-refractivity contribution in [2.24, 2.45) is 0 Å². The smallest absolute Gasteiger partial charge is 0.123 e. The summed E-state index contributed by atoms with van der Waals surface area (Å²) in [7, 11) is 0. The van der Waals surface area contributed by atoms with E-state index in [0.29, 0.717) is 6.04 Å². The number of piperazine rings is 1. The Balaban J connectivity index is 1.69. The number of hydrogen-bond donors (Lipinski definition) is 1. The number of nitrogens with zero attached hydrogens (tertiary/aromatic N) is 2. The summed E-state index contributed by atoms with van der Waals surface area (Å²) in [6.45, 7) is 6.26. The van der Waals surface area contributed by atoms with Crippen molar-refractivity contribution in [1.29, 1.82) is 0 Å². The number of nitrogens with one attached hydrogen (secondary N) is 1. The minimum atomic E-state index is -0.208. The molecule has 2 aromatic rings. The van der Waals surface area contributed by atoms with Crippen molar-refractivity contribution in [3.8, 4) is 10.6 Å². The van der Waals surface area contributed by atoms with Gasteiger partial charge in [-0.05, 0) is 31.2 Å². The van der Waals surface area contributed by atoms with E-state index in [4.69, 9.17) is 0 Å². The van der Waals surface area contributed by atoms with Crippen LogP contribution >= 0.6 is 11.3 Å². The maximum Gasteiger partial charge on any atom is 0.123 e. The van der Waals surface area contributed by atoms with Crippen LogP contribution in [-0.4, -0.2) is 35.6 Å². The van der Waals surface area contributed by atoms with Crippen LogP contribution < -0.4 is 5.32 Å². The van der Waals surface area contributed by atoms with Crippen molar-refractivity contribution in [3.05, 3.63) is 41.2 Å². The third-order valence-electron chi connectivity index (χ3n) is 3.48. The topological polar surface area (TPSA) is 28.2 Å². The number of aromatic nitrogens is 1. The summed E-state index contributed by atoms with van der Waals surface area (Å²) in [5.74, 6) is -0.208. The van der Waals surface area contributed by atoms with Crippen LogP contribution in [0, 0.1) is 5.82 Å². The van der Waals surface area contributed by atoms with Crippen LogP contribution in [0.5, 0.6) is 0 Å². The molecule has 0 spiro atoms. The number of rotatable bonds is 3. The highest BCUT2D eigenvalue weighted by molar-refractivity contribution is 7.13. The number of benzene rings is 1. The van der Waals surface area contributed by atoms with Gasteiger partial charge in [-0.1, -0.05) is 0 Å². The Morgan fingerprint density at radius 2 is 2.20 bits per heavy atom. The summed E-state index contributed by atoms with van der Waals surface area (Å²) in [5, 5.41) is 6.50. The van der Waals surface area contributed by atoms with E-state index in [1.54, 1.807) is 23.5 Å². The fourth-order valence-electron chi connectivity index (χ4n) is 2.49. The summed E-state index contributed by atoms with van der Waals surface area (Å²) in [5.41, 5.74) is 2.08. The molecule has 20 heavy (non-hydrogen) atoms. The SMILES string of the molecule is CC1CN(Cc2csc(-c3ccc(F)cc3)n2)CCN1. The fraction of sp³-hybridized carbons (Fsp3) is 0.400. The van der Waals surface area contributed by atoms with E-state index >= 15 is 0 Å². The van der Waals surface area contributed by atoms with Crippen LogP contribution in [0.4, 0.5) is 4.39 Å². The molecule has 1 saturated heterocycles. The van der Waals surface area contributed by atoms with Crippen LogP contribution in [0.1, 0.15) is 12.6 Å². The van der Waals surface area contributed by atoms with E-state index in [1.807, 2.05) is 0 Å². The molecule has 0 saturated carbocycles. The van der Waals surface area contributed by atoms with Gasteiger partial charge < -0.3 is 5.32 Å². The number of halogens is 1. The van der Waals surface area contributed by atoms with Crippen LogP contribution in [0.15, 0.2) is 29.6 Å². The molecule has 106 valence electrons. The second kappa shape index (κ2) is 5.99. The van der Waals surface area contributed by atoms with E-state index in [-0.39, 0.29) is 5.82 Å². The first kappa shape index (κ1) is 13.7. The van der Waals surface area contributed by atoms with Crippen LogP contribution in [0.2, 0.25) is 0 Å². The fourth-order valence-corrected chi connectivity index (χ4v) is 3.31. The number of thiazole rings is 1. The van der Waals surface area contributed by atoms with E-state index in [1.165, 1.54) is 12.1 Å². The molecule has 3 nitrogen and oxygen atoms in total. The van der Waals surface area contributed by atoms with Crippen molar-refractivity contribution in [1.82, 2.24) is 15.2 Å². The molecule has 1 fully saturated rings. The average Bonchev–Trinajstić information content (AvgIpc) is 2.88. The highest BCUT2D eigenvalue weighted by Crippen LogP contribution is 2.24. The van der Waals surface area contributed by atoms with Crippen LogP contribution in [0.3, 0.4) is 0 Å². The molecule has 1 aromatic heterocycles. The quantitative estimate of drug-likeness (QED) is 0.942. The molecule has 2 heterocycles. The zero-order valence-electron chi connectivity index (χ0n) is 11.5. The van der Waals surface area contributed by atoms with Crippen LogP contribution in [0.25, 0.3) is 10.6 Å². The monoisotopic (exact) mass is 291 g/mol. The summed E-state index contributed by atoms with van der Waals surface area (Å²) in [6, 6.07) is 7.07. The predicted octanol–water partition coefficient (Wildman–Crippen LogP) is 2.74. The molecular weight excluding hydrogens is 273 g/mol. The highest BCUT2D eigenvalue weighted by Gasteiger charge is 2.16. The van der Waals surface area contributed by atoms with Gasteiger partial charge in [-0.15, -0.1) is 11.3 Å². The lowest BCUT2D eigenvalue weighted by molar-refractivity contribution is 0.198. The first-order valence-electron chi connectivity index (χ1n) is 6.87. The Kier molecular flexibility index (Phi) is 4.10. The van der Waals surface area contributed by atoms with Crippen molar-refractivity contribution >= 4 is 11.3 Å². The summed E-state index contributed by atoms with van der Waals surface area (Å²) in [4.78, 5) is 7.08. The van der Waals surface area contributed by atoms with Gasteiger partial charge in [-0.25, -0.2) is 9.37 Å². The van der Waals surface area contributed by atoms with Crippen molar-refractivity contribution < 1.29 is 4.39 Å². The molecule has 0 radical (unpaired) electrons. The molecule has 1 aliphatic heterocycles. The lowest BCUT2D eigenvalue weighted by Crippen LogP contribution is -2.48. The molecule has 1 unspecified atom stereocenters. The van der Waals surface area contributed by atoms with Crippen molar-refractivity contribution in [2.75, 3.05) is 19.6 Å². The maximum absolute atomic E-state index is 12.9. The Morgan fingerprint density at radius 1 is 1.40 bits per heavy atom. The Bertz CT molecular complexity index is 567. The Labute approximate surface area is 122 Å². The van der Waals surface area contributed by atoms with Gasteiger partial charge in [-0.2, -0.15) is 0 Å². The zero-order valence-corrected chi connectivity index (χ0v) is 12.3. The molecule has 0 amide bonds. The largest absolute Gasteiger partial charge is 0.312 e. The van der Waals surface area contributed by atoms with Gasteiger partial charge in [0.1, 0.15) is 10.8 Å². The van der Waals surface area contributed by atoms with Gasteiger partial charge in [0, 0.05) is 43.2 Å². The molecule has 1 N–H and O–H groups in total. The van der Waals surface area contributed by atoms with Crippen molar-refractivity contribution in [2.45, 2.75) is 19.5 Å². The molecule has 0 aliphatic carbocycles. The predicted molar refractivity (Wildman–Crippen MR) is 80.2 cm³/mol. The minimum absolute atomic E-state index is 0.208. The Hall–Kier alpha value is -1.30. The second-order valence-corrected chi connectivity index (χ2v) is 6.10. The standard InChI is InChI=1S/C15H18FN3S/c1-11-8-19(7-6-17-11)9-14-10-20-15(18-14)12-2-4-13(16)5-3-12/h2-5,10-11,17H,6-9H2,1H3. The summed E-state index contributed by atoms with van der Waals surface area (Å²) >= 11 is 1.62. The van der Waals surface area contributed by atoms with Gasteiger partial charge >= 0.3 is 0 Å². The first-order chi connectivity index (χ1) is 9.70. The van der Waals surface area contributed by atoms with Gasteiger partial charge in [0.2, 0.25) is 0 Å². The molecule has 1 aromatic carbocycles. The lowest BCUT2D eigenvalue weighted by atomic mass is 10.2. The van der Waals surface area contributed by atoms with E-state index in [2.05, 4.69) is 27.5 Å². The maximum atomic E-state index is 12.9. The molecule has 5 heteroatoms. The lowest BCUT2D eigenvalue weighted by Gasteiger charge is -2.31. The first-order valence-corrected chi connectivity index (χ1v) is 7.75. The molecule has 1 atom stereocenters. The molecular formula is C15H18FN3S. The zero-order chi connectivity index (χ0) is 13.9.